The summed E-state index contributed by atoms with van der Waals surface area (Å²) in [6.45, 7) is 6.41. The smallest absolute Gasteiger partial charge is 0.193 e. The lowest BCUT2D eigenvalue weighted by Gasteiger charge is -2.57. The van der Waals surface area contributed by atoms with Crippen LogP contribution < -0.4 is 20.5 Å². The van der Waals surface area contributed by atoms with E-state index in [-0.39, 0.29) is 17.1 Å². The van der Waals surface area contributed by atoms with Gasteiger partial charge >= 0.3 is 0 Å². The summed E-state index contributed by atoms with van der Waals surface area (Å²) in [6, 6.07) is 5.64. The Morgan fingerprint density at radius 2 is 1.83 bits per heavy atom. The molecular weight excluding hydrogens is 294 g/mol. The molecule has 2 atom stereocenters. The lowest BCUT2D eigenvalue weighted by Crippen LogP contribution is -2.62. The Bertz CT molecular complexity index is 601. The second kappa shape index (κ2) is 6.28. The molecule has 1 aliphatic carbocycles. The zero-order valence-electron chi connectivity index (χ0n) is 14.8. The van der Waals surface area contributed by atoms with Crippen LogP contribution >= 0.6 is 0 Å². The van der Waals surface area contributed by atoms with E-state index in [0.29, 0.717) is 17.5 Å². The van der Waals surface area contributed by atoms with Gasteiger partial charge in [0.15, 0.2) is 17.5 Å². The molecule has 0 bridgehead atoms. The minimum atomic E-state index is -0.162. The van der Waals surface area contributed by atoms with Gasteiger partial charge in [-0.3, -0.25) is 0 Å². The van der Waals surface area contributed by atoms with E-state index >= 15 is 0 Å². The second-order valence-corrected chi connectivity index (χ2v) is 6.59. The quantitative estimate of drug-likeness (QED) is 0.644. The van der Waals surface area contributed by atoms with Gasteiger partial charge in [0.25, 0.3) is 0 Å². The molecule has 0 radical (unpaired) electrons. The highest BCUT2D eigenvalue weighted by atomic mass is 16.5. The van der Waals surface area contributed by atoms with Crippen LogP contribution in [0, 0.1) is 5.41 Å². The first-order valence-corrected chi connectivity index (χ1v) is 7.65. The monoisotopic (exact) mass is 321 g/mol. The molecule has 1 fully saturated rings. The zero-order chi connectivity index (χ0) is 17.3. The van der Waals surface area contributed by atoms with Crippen molar-refractivity contribution in [3.8, 4) is 11.5 Å². The van der Waals surface area contributed by atoms with Crippen LogP contribution in [0.2, 0.25) is 0 Å². The van der Waals surface area contributed by atoms with Crippen molar-refractivity contribution in [3.05, 3.63) is 18.2 Å². The molecule has 6 nitrogen and oxygen atoms in total. The highest BCUT2D eigenvalue weighted by Crippen LogP contribution is 2.53. The molecule has 1 saturated carbocycles. The van der Waals surface area contributed by atoms with Crippen LogP contribution in [0.1, 0.15) is 27.2 Å². The van der Waals surface area contributed by atoms with Crippen molar-refractivity contribution >= 4 is 11.6 Å². The fourth-order valence-electron chi connectivity index (χ4n) is 2.92. The maximum atomic E-state index is 6.06. The minimum absolute atomic E-state index is 0.0638. The summed E-state index contributed by atoms with van der Waals surface area (Å²) in [5, 5.41) is 3.10. The van der Waals surface area contributed by atoms with Gasteiger partial charge in [-0.15, -0.1) is 0 Å². The van der Waals surface area contributed by atoms with Gasteiger partial charge in [-0.25, -0.2) is 4.99 Å². The number of anilines is 1. The molecule has 1 aromatic carbocycles. The summed E-state index contributed by atoms with van der Waals surface area (Å²) in [7, 11) is 4.95. The van der Waals surface area contributed by atoms with Crippen molar-refractivity contribution in [2.24, 2.45) is 16.1 Å². The van der Waals surface area contributed by atoms with E-state index in [1.54, 1.807) is 21.3 Å². The summed E-state index contributed by atoms with van der Waals surface area (Å²) in [5.41, 5.74) is 6.63. The molecule has 1 aliphatic rings. The minimum Gasteiger partial charge on any atom is -0.493 e. The first-order chi connectivity index (χ1) is 10.8. The van der Waals surface area contributed by atoms with Crippen molar-refractivity contribution in [2.45, 2.75) is 38.8 Å². The van der Waals surface area contributed by atoms with Gasteiger partial charge in [-0.1, -0.05) is 13.8 Å². The number of hydrogen-bond donors (Lipinski definition) is 2. The number of methoxy groups -OCH3 is 3. The number of aliphatic imine (C=N–C) groups is 1. The van der Waals surface area contributed by atoms with Gasteiger partial charge in [0, 0.05) is 24.3 Å². The van der Waals surface area contributed by atoms with Gasteiger partial charge in [0.05, 0.1) is 25.9 Å². The normalized spacial score (nSPS) is 26.3. The van der Waals surface area contributed by atoms with Crippen molar-refractivity contribution in [3.63, 3.8) is 0 Å². The Morgan fingerprint density at radius 3 is 2.35 bits per heavy atom. The largest absolute Gasteiger partial charge is 0.493 e. The average Bonchev–Trinajstić information content (AvgIpc) is 2.53. The molecule has 0 amide bonds. The molecule has 1 aromatic rings. The first-order valence-electron chi connectivity index (χ1n) is 7.65. The van der Waals surface area contributed by atoms with Gasteiger partial charge in [0.2, 0.25) is 0 Å². The molecule has 128 valence electrons. The van der Waals surface area contributed by atoms with E-state index in [2.05, 4.69) is 31.1 Å². The van der Waals surface area contributed by atoms with E-state index in [1.165, 1.54) is 0 Å². The summed E-state index contributed by atoms with van der Waals surface area (Å²) >= 11 is 0. The summed E-state index contributed by atoms with van der Waals surface area (Å²) in [5.74, 6) is 1.69. The molecule has 3 N–H and O–H groups in total. The number of guanidine groups is 1. The molecule has 2 unspecified atom stereocenters. The van der Waals surface area contributed by atoms with Gasteiger partial charge in [-0.2, -0.15) is 0 Å². The Labute approximate surface area is 138 Å². The number of nitrogens with two attached hydrogens (primary N) is 1. The van der Waals surface area contributed by atoms with Gasteiger partial charge < -0.3 is 25.3 Å². The van der Waals surface area contributed by atoms with Crippen LogP contribution in [-0.4, -0.2) is 38.9 Å². The summed E-state index contributed by atoms with van der Waals surface area (Å²) in [6.07, 6.45) is 0.852. The van der Waals surface area contributed by atoms with E-state index < -0.39 is 0 Å². The molecule has 0 spiro atoms. The van der Waals surface area contributed by atoms with Crippen LogP contribution in [0.15, 0.2) is 23.2 Å². The van der Waals surface area contributed by atoms with E-state index in [0.717, 1.165) is 12.1 Å². The number of ether oxygens (including phenoxy) is 3. The number of nitrogens with zero attached hydrogens (tertiary/aromatic N) is 1. The van der Waals surface area contributed by atoms with Crippen LogP contribution in [0.25, 0.3) is 0 Å². The third kappa shape index (κ3) is 3.08. The van der Waals surface area contributed by atoms with Gasteiger partial charge in [-0.05, 0) is 25.5 Å². The van der Waals surface area contributed by atoms with Crippen LogP contribution in [0.4, 0.5) is 5.69 Å². The molecule has 0 aliphatic heterocycles. The average molecular weight is 321 g/mol. The Morgan fingerprint density at radius 1 is 1.17 bits per heavy atom. The van der Waals surface area contributed by atoms with E-state index in [1.807, 2.05) is 18.2 Å². The van der Waals surface area contributed by atoms with Crippen LogP contribution in [0.5, 0.6) is 11.5 Å². The van der Waals surface area contributed by atoms with Crippen LogP contribution in [-0.2, 0) is 4.74 Å². The Hall–Kier alpha value is -1.95. The predicted molar refractivity (Wildman–Crippen MR) is 92.4 cm³/mol. The highest BCUT2D eigenvalue weighted by molar-refractivity contribution is 5.92. The van der Waals surface area contributed by atoms with Crippen molar-refractivity contribution in [2.75, 3.05) is 26.6 Å². The number of nitrogens with one attached hydrogen (secondary N) is 1. The zero-order valence-corrected chi connectivity index (χ0v) is 14.8. The maximum absolute atomic E-state index is 6.06. The Balaban J connectivity index is 2.09. The maximum Gasteiger partial charge on any atom is 0.193 e. The predicted octanol–water partition coefficient (Wildman–Crippen LogP) is 2.63. The highest BCUT2D eigenvalue weighted by Gasteiger charge is 2.58. The molecular formula is C17H27N3O3. The molecule has 23 heavy (non-hydrogen) atoms. The summed E-state index contributed by atoms with van der Waals surface area (Å²) < 4.78 is 16.1. The molecule has 0 aromatic heterocycles. The number of rotatable bonds is 5. The fourth-order valence-corrected chi connectivity index (χ4v) is 2.92. The summed E-state index contributed by atoms with van der Waals surface area (Å²) in [4.78, 5) is 4.60. The fraction of sp³-hybridized carbons (Fsp3) is 0.588. The molecule has 2 rings (SSSR count). The topological polar surface area (TPSA) is 78.1 Å². The number of hydrogen-bond acceptors (Lipinski definition) is 4. The molecule has 0 saturated heterocycles. The third-order valence-corrected chi connectivity index (χ3v) is 5.18. The van der Waals surface area contributed by atoms with E-state index in [9.17, 15) is 0 Å². The van der Waals surface area contributed by atoms with Crippen molar-refractivity contribution in [1.82, 2.24) is 0 Å². The standard InChI is InChI=1S/C17H27N3O3/c1-16(2)14(10-17(16,3)23-6)20-15(18)19-11-7-8-12(21-4)13(9-11)22-5/h7-9,14H,10H2,1-6H3,(H3,18,19,20). The molecule has 6 heteroatoms. The Kier molecular flexibility index (Phi) is 4.75. The van der Waals surface area contributed by atoms with Crippen LogP contribution in [0.3, 0.4) is 0 Å². The second-order valence-electron chi connectivity index (χ2n) is 6.59. The van der Waals surface area contributed by atoms with Crippen molar-refractivity contribution in [1.29, 1.82) is 0 Å². The number of benzene rings is 1. The SMILES string of the molecule is COc1ccc(NC(N)=NC2CC(C)(OC)C2(C)C)cc1OC. The third-order valence-electron chi connectivity index (χ3n) is 5.18. The molecule has 0 heterocycles. The first kappa shape index (κ1) is 17.4. The lowest BCUT2D eigenvalue weighted by atomic mass is 9.56. The van der Waals surface area contributed by atoms with E-state index in [4.69, 9.17) is 19.9 Å². The van der Waals surface area contributed by atoms with Crippen molar-refractivity contribution < 1.29 is 14.2 Å². The van der Waals surface area contributed by atoms with Gasteiger partial charge in [0.1, 0.15) is 0 Å². The lowest BCUT2D eigenvalue weighted by molar-refractivity contribution is -0.171.